The molecule has 21 heavy (non-hydrogen) atoms. The van der Waals surface area contributed by atoms with Crippen LogP contribution in [-0.2, 0) is 13.0 Å². The topological polar surface area (TPSA) is 114 Å². The van der Waals surface area contributed by atoms with Gasteiger partial charge >= 0.3 is 0 Å². The molecule has 2 unspecified atom stereocenters. The number of rotatable bonds is 1. The summed E-state index contributed by atoms with van der Waals surface area (Å²) in [5.74, 6) is 0.805. The monoisotopic (exact) mass is 286 g/mol. The van der Waals surface area contributed by atoms with E-state index >= 15 is 0 Å². The lowest BCUT2D eigenvalue weighted by Crippen LogP contribution is -2.20. The van der Waals surface area contributed by atoms with Crippen LogP contribution in [-0.4, -0.2) is 30.9 Å². The van der Waals surface area contributed by atoms with E-state index in [-0.39, 0.29) is 17.3 Å². The third kappa shape index (κ3) is 1.77. The highest BCUT2D eigenvalue weighted by molar-refractivity contribution is 5.90. The Labute approximate surface area is 120 Å². The Morgan fingerprint density at radius 2 is 2.10 bits per heavy atom. The van der Waals surface area contributed by atoms with Crippen molar-refractivity contribution in [3.8, 4) is 22.9 Å². The molecule has 0 radical (unpaired) electrons. The molecule has 4 N–H and O–H groups in total. The van der Waals surface area contributed by atoms with Crippen molar-refractivity contribution in [3.63, 3.8) is 0 Å². The first-order chi connectivity index (χ1) is 10.0. The number of carbonyl (C=O) groups excluding carboxylic acids is 1. The highest BCUT2D eigenvalue weighted by Crippen LogP contribution is 2.48. The fourth-order valence-electron chi connectivity index (χ4n) is 3.23. The summed E-state index contributed by atoms with van der Waals surface area (Å²) >= 11 is 0. The number of hydrogen-bond donors (Lipinski definition) is 3. The van der Waals surface area contributed by atoms with Crippen LogP contribution in [0.3, 0.4) is 0 Å². The van der Waals surface area contributed by atoms with Crippen LogP contribution in [0, 0.1) is 11.8 Å². The van der Waals surface area contributed by atoms with E-state index in [1.165, 1.54) is 6.07 Å². The molecule has 0 saturated heterocycles. The predicted octanol–water partition coefficient (Wildman–Crippen LogP) is 0.647. The zero-order chi connectivity index (χ0) is 14.7. The van der Waals surface area contributed by atoms with Gasteiger partial charge in [0, 0.05) is 12.6 Å². The van der Waals surface area contributed by atoms with Crippen molar-refractivity contribution in [1.29, 1.82) is 0 Å². The van der Waals surface area contributed by atoms with Gasteiger partial charge in [-0.1, -0.05) is 0 Å². The maximum absolute atomic E-state index is 11.5. The average Bonchev–Trinajstić information content (AvgIpc) is 2.94. The highest BCUT2D eigenvalue weighted by Gasteiger charge is 2.41. The van der Waals surface area contributed by atoms with Gasteiger partial charge in [0.25, 0.3) is 5.91 Å². The molecule has 1 aliphatic carbocycles. The minimum absolute atomic E-state index is 0.0187. The first-order valence-corrected chi connectivity index (χ1v) is 6.83. The Kier molecular flexibility index (Phi) is 2.30. The van der Waals surface area contributed by atoms with Gasteiger partial charge in [-0.25, -0.2) is 0 Å². The van der Waals surface area contributed by atoms with E-state index in [1.54, 1.807) is 10.6 Å². The van der Waals surface area contributed by atoms with Crippen molar-refractivity contribution < 1.29 is 15.0 Å². The van der Waals surface area contributed by atoms with E-state index in [9.17, 15) is 15.0 Å². The average molecular weight is 286 g/mol. The third-order valence-corrected chi connectivity index (χ3v) is 4.35. The number of hydrogen-bond acceptors (Lipinski definition) is 5. The van der Waals surface area contributed by atoms with Crippen LogP contribution < -0.4 is 5.73 Å². The molecule has 2 atom stereocenters. The molecule has 0 spiro atoms. The van der Waals surface area contributed by atoms with Crippen LogP contribution in [0.5, 0.6) is 11.5 Å². The van der Waals surface area contributed by atoms with Gasteiger partial charge in [0.05, 0.1) is 5.56 Å². The zero-order valence-electron chi connectivity index (χ0n) is 11.2. The van der Waals surface area contributed by atoms with E-state index in [0.29, 0.717) is 29.8 Å². The first-order valence-electron chi connectivity index (χ1n) is 6.83. The summed E-state index contributed by atoms with van der Waals surface area (Å²) in [4.78, 5) is 11.5. The summed E-state index contributed by atoms with van der Waals surface area (Å²) < 4.78 is 1.68. The Hall–Kier alpha value is -2.57. The third-order valence-electron chi connectivity index (χ3n) is 4.35. The lowest BCUT2D eigenvalue weighted by Gasteiger charge is -2.17. The van der Waals surface area contributed by atoms with Gasteiger partial charge in [0.15, 0.2) is 5.82 Å². The smallest absolute Gasteiger partial charge is 0.286 e. The summed E-state index contributed by atoms with van der Waals surface area (Å²) in [6.45, 7) is 0.630. The Bertz CT molecular complexity index is 768. The lowest BCUT2D eigenvalue weighted by atomic mass is 9.97. The van der Waals surface area contributed by atoms with E-state index in [1.807, 2.05) is 0 Å². The van der Waals surface area contributed by atoms with Gasteiger partial charge in [-0.2, -0.15) is 0 Å². The molecule has 1 aliphatic heterocycles. The number of amides is 1. The number of aromatic nitrogens is 3. The van der Waals surface area contributed by atoms with Crippen LogP contribution in [0.15, 0.2) is 12.1 Å². The van der Waals surface area contributed by atoms with Crippen molar-refractivity contribution in [3.05, 3.63) is 23.5 Å². The molecule has 108 valence electrons. The molecule has 7 heteroatoms. The van der Waals surface area contributed by atoms with Crippen molar-refractivity contribution in [2.45, 2.75) is 19.4 Å². The SMILES string of the molecule is NC(=O)c1nnc2n1CC1CC1Cc1cc(O)cc(O)c1-2. The number of phenols is 2. The Morgan fingerprint density at radius 3 is 2.86 bits per heavy atom. The lowest BCUT2D eigenvalue weighted by molar-refractivity contribution is 0.0985. The molecular formula is C14H14N4O3. The van der Waals surface area contributed by atoms with Crippen LogP contribution in [0.4, 0.5) is 0 Å². The highest BCUT2D eigenvalue weighted by atomic mass is 16.3. The van der Waals surface area contributed by atoms with Gasteiger partial charge in [-0.15, -0.1) is 10.2 Å². The molecule has 7 nitrogen and oxygen atoms in total. The summed E-state index contributed by atoms with van der Waals surface area (Å²) in [7, 11) is 0. The fraction of sp³-hybridized carbons (Fsp3) is 0.357. The van der Waals surface area contributed by atoms with Gasteiger partial charge < -0.3 is 20.5 Å². The second kappa shape index (κ2) is 3.97. The molecule has 2 aliphatic rings. The summed E-state index contributed by atoms with van der Waals surface area (Å²) in [6, 6.07) is 2.91. The Balaban J connectivity index is 1.99. The molecule has 1 fully saturated rings. The number of phenolic OH excluding ortho intramolecular Hbond substituents is 2. The minimum atomic E-state index is -0.633. The largest absolute Gasteiger partial charge is 0.508 e. The molecular weight excluding hydrogens is 272 g/mol. The standard InChI is InChI=1S/C14H14N4O3/c15-12(21)14-17-16-13-11-7(3-9(19)4-10(11)20)1-6-2-8(6)5-18(13)14/h3-4,6,8,19-20H,1-2,5H2,(H2,15,21). The number of primary amides is 1. The van der Waals surface area contributed by atoms with Gasteiger partial charge in [0.1, 0.15) is 11.5 Å². The quantitative estimate of drug-likeness (QED) is 0.712. The first kappa shape index (κ1) is 12.2. The fourth-order valence-corrected chi connectivity index (χ4v) is 3.23. The van der Waals surface area contributed by atoms with Crippen molar-refractivity contribution in [2.75, 3.05) is 0 Å². The second-order valence-electron chi connectivity index (χ2n) is 5.78. The number of aromatic hydroxyl groups is 2. The number of nitrogens with zero attached hydrogens (tertiary/aromatic N) is 3. The van der Waals surface area contributed by atoms with Crippen LogP contribution >= 0.6 is 0 Å². The van der Waals surface area contributed by atoms with E-state index in [2.05, 4.69) is 10.2 Å². The van der Waals surface area contributed by atoms with Gasteiger partial charge in [0.2, 0.25) is 5.82 Å². The molecule has 1 saturated carbocycles. The van der Waals surface area contributed by atoms with Crippen LogP contribution in [0.2, 0.25) is 0 Å². The molecule has 4 rings (SSSR count). The number of nitrogens with two attached hydrogens (primary N) is 1. The maximum Gasteiger partial charge on any atom is 0.286 e. The summed E-state index contributed by atoms with van der Waals surface area (Å²) in [5.41, 5.74) is 6.70. The molecule has 1 aromatic carbocycles. The van der Waals surface area contributed by atoms with E-state index in [4.69, 9.17) is 5.73 Å². The maximum atomic E-state index is 11.5. The van der Waals surface area contributed by atoms with Crippen molar-refractivity contribution >= 4 is 5.91 Å². The molecule has 2 heterocycles. The van der Waals surface area contributed by atoms with E-state index in [0.717, 1.165) is 18.4 Å². The second-order valence-corrected chi connectivity index (χ2v) is 5.78. The normalized spacial score (nSPS) is 22.5. The Morgan fingerprint density at radius 1 is 1.29 bits per heavy atom. The predicted molar refractivity (Wildman–Crippen MR) is 72.6 cm³/mol. The molecule has 0 bridgehead atoms. The van der Waals surface area contributed by atoms with Gasteiger partial charge in [-0.3, -0.25) is 4.79 Å². The molecule has 1 amide bonds. The summed E-state index contributed by atoms with van der Waals surface area (Å²) in [5, 5.41) is 27.8. The minimum Gasteiger partial charge on any atom is -0.508 e. The number of carbonyl (C=O) groups is 1. The van der Waals surface area contributed by atoms with Gasteiger partial charge in [-0.05, 0) is 36.3 Å². The van der Waals surface area contributed by atoms with E-state index < -0.39 is 5.91 Å². The number of fused-ring (bicyclic) bond motifs is 4. The van der Waals surface area contributed by atoms with Crippen molar-refractivity contribution in [2.24, 2.45) is 17.6 Å². The van der Waals surface area contributed by atoms with Crippen molar-refractivity contribution in [1.82, 2.24) is 14.8 Å². The number of benzene rings is 1. The van der Waals surface area contributed by atoms with Crippen LogP contribution in [0.25, 0.3) is 11.4 Å². The zero-order valence-corrected chi connectivity index (χ0v) is 11.2. The van der Waals surface area contributed by atoms with Crippen LogP contribution in [0.1, 0.15) is 22.6 Å². The summed E-state index contributed by atoms with van der Waals surface area (Å²) in [6.07, 6.45) is 1.83. The molecule has 1 aromatic heterocycles. The molecule has 2 aromatic rings.